The van der Waals surface area contributed by atoms with Crippen LogP contribution >= 0.6 is 0 Å². The molecule has 96 valence electrons. The highest BCUT2D eigenvalue weighted by molar-refractivity contribution is 5.67. The minimum atomic E-state index is -1.47. The van der Waals surface area contributed by atoms with Crippen molar-refractivity contribution in [1.82, 2.24) is 0 Å². The molecule has 19 heavy (non-hydrogen) atoms. The van der Waals surface area contributed by atoms with Crippen molar-refractivity contribution in [2.45, 2.75) is 0 Å². The molecule has 0 aromatic heterocycles. The Labute approximate surface area is 107 Å². The van der Waals surface area contributed by atoms with Crippen molar-refractivity contribution in [3.8, 4) is 22.9 Å². The third-order valence-corrected chi connectivity index (χ3v) is 2.67. The normalized spacial score (nSPS) is 10.1. The number of methoxy groups -OCH3 is 1. The van der Waals surface area contributed by atoms with Gasteiger partial charge in [-0.2, -0.15) is 5.26 Å². The number of nitrogens with zero attached hydrogens (tertiary/aromatic N) is 1. The quantitative estimate of drug-likeness (QED) is 0.775. The Morgan fingerprint density at radius 3 is 2.21 bits per heavy atom. The van der Waals surface area contributed by atoms with Crippen molar-refractivity contribution in [3.05, 3.63) is 53.3 Å². The molecule has 2 aromatic carbocycles. The minimum absolute atomic E-state index is 0.168. The Hall–Kier alpha value is -2.48. The second-order valence-corrected chi connectivity index (χ2v) is 3.75. The monoisotopic (exact) mass is 263 g/mol. The SMILES string of the molecule is COc1ccc(-c2cc(F)c(F)c(C#N)c2F)cc1. The number of nitriles is 1. The Bertz CT molecular complexity index is 660. The van der Waals surface area contributed by atoms with E-state index in [-0.39, 0.29) is 5.56 Å². The second-order valence-electron chi connectivity index (χ2n) is 3.75. The van der Waals surface area contributed by atoms with E-state index in [4.69, 9.17) is 10.00 Å². The molecule has 0 radical (unpaired) electrons. The zero-order valence-electron chi connectivity index (χ0n) is 9.88. The van der Waals surface area contributed by atoms with Crippen LogP contribution < -0.4 is 4.74 Å². The maximum Gasteiger partial charge on any atom is 0.179 e. The molecule has 0 unspecified atom stereocenters. The summed E-state index contributed by atoms with van der Waals surface area (Å²) in [4.78, 5) is 0. The van der Waals surface area contributed by atoms with Crippen LogP contribution in [0.5, 0.6) is 5.75 Å². The predicted octanol–water partition coefficient (Wildman–Crippen LogP) is 3.65. The van der Waals surface area contributed by atoms with Gasteiger partial charge in [0.1, 0.15) is 17.4 Å². The van der Waals surface area contributed by atoms with E-state index in [0.717, 1.165) is 6.07 Å². The summed E-state index contributed by atoms with van der Waals surface area (Å²) in [6.45, 7) is 0. The van der Waals surface area contributed by atoms with Crippen LogP contribution in [0.4, 0.5) is 13.2 Å². The molecule has 0 heterocycles. The van der Waals surface area contributed by atoms with Gasteiger partial charge in [-0.1, -0.05) is 12.1 Å². The Morgan fingerprint density at radius 1 is 1.05 bits per heavy atom. The van der Waals surface area contributed by atoms with E-state index in [9.17, 15) is 13.2 Å². The van der Waals surface area contributed by atoms with Gasteiger partial charge in [-0.25, -0.2) is 13.2 Å². The first-order chi connectivity index (χ1) is 9.08. The largest absolute Gasteiger partial charge is 0.497 e. The van der Waals surface area contributed by atoms with Crippen molar-refractivity contribution in [2.24, 2.45) is 0 Å². The molecule has 5 heteroatoms. The van der Waals surface area contributed by atoms with Crippen LogP contribution in [-0.4, -0.2) is 7.11 Å². The van der Waals surface area contributed by atoms with E-state index in [2.05, 4.69) is 0 Å². The van der Waals surface area contributed by atoms with Gasteiger partial charge in [-0.05, 0) is 23.8 Å². The Kier molecular flexibility index (Phi) is 3.43. The van der Waals surface area contributed by atoms with E-state index < -0.39 is 23.0 Å². The van der Waals surface area contributed by atoms with Gasteiger partial charge >= 0.3 is 0 Å². The van der Waals surface area contributed by atoms with E-state index in [0.29, 0.717) is 11.3 Å². The third-order valence-electron chi connectivity index (χ3n) is 2.67. The van der Waals surface area contributed by atoms with Crippen molar-refractivity contribution in [1.29, 1.82) is 5.26 Å². The molecule has 0 aliphatic rings. The number of benzene rings is 2. The fourth-order valence-corrected chi connectivity index (χ4v) is 1.68. The molecule has 0 saturated carbocycles. The molecule has 0 bridgehead atoms. The maximum atomic E-state index is 13.9. The molecule has 2 rings (SSSR count). The summed E-state index contributed by atoms with van der Waals surface area (Å²) in [5.74, 6) is -3.26. The molecule has 0 fully saturated rings. The molecule has 2 aromatic rings. The van der Waals surface area contributed by atoms with Gasteiger partial charge in [-0.15, -0.1) is 0 Å². The summed E-state index contributed by atoms with van der Waals surface area (Å²) in [6.07, 6.45) is 0. The molecular weight excluding hydrogens is 255 g/mol. The van der Waals surface area contributed by atoms with Crippen LogP contribution in [0.1, 0.15) is 5.56 Å². The summed E-state index contributed by atoms with van der Waals surface area (Å²) >= 11 is 0. The van der Waals surface area contributed by atoms with E-state index >= 15 is 0 Å². The van der Waals surface area contributed by atoms with E-state index in [1.54, 1.807) is 12.1 Å². The summed E-state index contributed by atoms with van der Waals surface area (Å²) in [7, 11) is 1.47. The highest BCUT2D eigenvalue weighted by Crippen LogP contribution is 2.29. The smallest absolute Gasteiger partial charge is 0.179 e. The molecular formula is C14H8F3NO. The van der Waals surface area contributed by atoms with Crippen LogP contribution in [0, 0.1) is 28.8 Å². The lowest BCUT2D eigenvalue weighted by Crippen LogP contribution is -1.98. The second kappa shape index (κ2) is 5.02. The van der Waals surface area contributed by atoms with Gasteiger partial charge in [0.25, 0.3) is 0 Å². The molecule has 0 amide bonds. The van der Waals surface area contributed by atoms with Crippen molar-refractivity contribution in [2.75, 3.05) is 7.11 Å². The highest BCUT2D eigenvalue weighted by Gasteiger charge is 2.19. The Morgan fingerprint density at radius 2 is 1.68 bits per heavy atom. The summed E-state index contributed by atoms with van der Waals surface area (Å²) < 4.78 is 45.4. The number of hydrogen-bond acceptors (Lipinski definition) is 2. The standard InChI is InChI=1S/C14H8F3NO/c1-19-9-4-2-8(3-5-9)10-6-12(15)14(17)11(7-18)13(10)16/h2-6H,1H3. The predicted molar refractivity (Wildman–Crippen MR) is 63.0 cm³/mol. The number of halogens is 3. The number of hydrogen-bond donors (Lipinski definition) is 0. The summed E-state index contributed by atoms with van der Waals surface area (Å²) in [5, 5.41) is 8.66. The molecule has 0 aliphatic heterocycles. The fourth-order valence-electron chi connectivity index (χ4n) is 1.68. The summed E-state index contributed by atoms with van der Waals surface area (Å²) in [6, 6.07) is 8.16. The average molecular weight is 263 g/mol. The van der Waals surface area contributed by atoms with Crippen LogP contribution in [-0.2, 0) is 0 Å². The Balaban J connectivity index is 2.62. The molecule has 0 aliphatic carbocycles. The van der Waals surface area contributed by atoms with Crippen LogP contribution in [0.3, 0.4) is 0 Å². The number of rotatable bonds is 2. The zero-order valence-corrected chi connectivity index (χ0v) is 9.88. The van der Waals surface area contributed by atoms with Crippen molar-refractivity contribution >= 4 is 0 Å². The first-order valence-electron chi connectivity index (χ1n) is 5.30. The zero-order chi connectivity index (χ0) is 14.0. The first kappa shape index (κ1) is 13.0. The average Bonchev–Trinajstić information content (AvgIpc) is 2.44. The fraction of sp³-hybridized carbons (Fsp3) is 0.0714. The highest BCUT2D eigenvalue weighted by atomic mass is 19.2. The van der Waals surface area contributed by atoms with Gasteiger partial charge < -0.3 is 4.74 Å². The lowest BCUT2D eigenvalue weighted by Gasteiger charge is -2.07. The van der Waals surface area contributed by atoms with Crippen LogP contribution in [0.15, 0.2) is 30.3 Å². The van der Waals surface area contributed by atoms with Crippen LogP contribution in [0.25, 0.3) is 11.1 Å². The van der Waals surface area contributed by atoms with Gasteiger partial charge in [0.05, 0.1) is 7.11 Å². The van der Waals surface area contributed by atoms with Crippen molar-refractivity contribution < 1.29 is 17.9 Å². The van der Waals surface area contributed by atoms with Gasteiger partial charge in [0, 0.05) is 5.56 Å². The van der Waals surface area contributed by atoms with E-state index in [1.165, 1.54) is 25.3 Å². The molecule has 0 spiro atoms. The van der Waals surface area contributed by atoms with Gasteiger partial charge in [0.2, 0.25) is 0 Å². The molecule has 0 saturated heterocycles. The third kappa shape index (κ3) is 2.25. The first-order valence-corrected chi connectivity index (χ1v) is 5.30. The topological polar surface area (TPSA) is 33.0 Å². The minimum Gasteiger partial charge on any atom is -0.497 e. The number of ether oxygens (including phenoxy) is 1. The molecule has 0 atom stereocenters. The molecule has 2 nitrogen and oxygen atoms in total. The van der Waals surface area contributed by atoms with Crippen molar-refractivity contribution in [3.63, 3.8) is 0 Å². The molecule has 0 N–H and O–H groups in total. The summed E-state index contributed by atoms with van der Waals surface area (Å²) in [5.41, 5.74) is -0.766. The maximum absolute atomic E-state index is 13.9. The van der Waals surface area contributed by atoms with Gasteiger partial charge in [0.15, 0.2) is 17.5 Å². The lowest BCUT2D eigenvalue weighted by atomic mass is 10.0. The van der Waals surface area contributed by atoms with Crippen LogP contribution in [0.2, 0.25) is 0 Å². The lowest BCUT2D eigenvalue weighted by molar-refractivity contribution is 0.415. The van der Waals surface area contributed by atoms with Gasteiger partial charge in [-0.3, -0.25) is 0 Å². The van der Waals surface area contributed by atoms with E-state index in [1.807, 2.05) is 0 Å².